The van der Waals surface area contributed by atoms with Crippen LogP contribution in [0, 0.1) is 5.82 Å². The normalized spacial score (nSPS) is 15.8. The first-order valence-electron chi connectivity index (χ1n) is 5.76. The van der Waals surface area contributed by atoms with Gasteiger partial charge in [0.1, 0.15) is 11.6 Å². The number of benzene rings is 1. The molecular weight excluding hydrogens is 219 g/mol. The Bertz CT molecular complexity index is 529. The number of aromatic nitrogens is 1. The highest BCUT2D eigenvalue weighted by molar-refractivity contribution is 5.76. The predicted molar refractivity (Wildman–Crippen MR) is 62.9 cm³/mol. The van der Waals surface area contributed by atoms with Crippen molar-refractivity contribution in [1.29, 1.82) is 0 Å². The van der Waals surface area contributed by atoms with Crippen LogP contribution in [0.1, 0.15) is 30.9 Å². The summed E-state index contributed by atoms with van der Waals surface area (Å²) in [6.07, 6.45) is 3.44. The van der Waals surface area contributed by atoms with Crippen LogP contribution < -0.4 is 5.73 Å². The molecule has 2 N–H and O–H groups in total. The van der Waals surface area contributed by atoms with Gasteiger partial charge in [0.05, 0.1) is 5.56 Å². The lowest BCUT2D eigenvalue weighted by Gasteiger charge is -2.23. The van der Waals surface area contributed by atoms with Crippen molar-refractivity contribution in [2.75, 3.05) is 5.73 Å². The predicted octanol–water partition coefficient (Wildman–Crippen LogP) is 3.33. The Kier molecular flexibility index (Phi) is 2.35. The Balaban J connectivity index is 2.06. The number of rotatable bonds is 2. The van der Waals surface area contributed by atoms with Crippen molar-refractivity contribution in [3.63, 3.8) is 0 Å². The van der Waals surface area contributed by atoms with Crippen LogP contribution >= 0.6 is 0 Å². The van der Waals surface area contributed by atoms with Gasteiger partial charge in [0.15, 0.2) is 5.82 Å². The van der Waals surface area contributed by atoms with E-state index in [0.29, 0.717) is 11.7 Å². The van der Waals surface area contributed by atoms with Crippen molar-refractivity contribution < 1.29 is 8.91 Å². The molecule has 3 rings (SSSR count). The van der Waals surface area contributed by atoms with Crippen LogP contribution in [0.2, 0.25) is 0 Å². The van der Waals surface area contributed by atoms with Gasteiger partial charge < -0.3 is 10.3 Å². The highest BCUT2D eigenvalue weighted by Crippen LogP contribution is 2.43. The molecule has 17 heavy (non-hydrogen) atoms. The highest BCUT2D eigenvalue weighted by atomic mass is 19.1. The van der Waals surface area contributed by atoms with Crippen molar-refractivity contribution in [1.82, 2.24) is 5.16 Å². The fourth-order valence-corrected chi connectivity index (χ4v) is 2.17. The van der Waals surface area contributed by atoms with Gasteiger partial charge in [-0.1, -0.05) is 23.7 Å². The van der Waals surface area contributed by atoms with Gasteiger partial charge in [-0.25, -0.2) is 4.39 Å². The van der Waals surface area contributed by atoms with E-state index in [4.69, 9.17) is 10.3 Å². The summed E-state index contributed by atoms with van der Waals surface area (Å²) >= 11 is 0. The van der Waals surface area contributed by atoms with E-state index in [9.17, 15) is 4.39 Å². The van der Waals surface area contributed by atoms with Crippen LogP contribution in [0.5, 0.6) is 0 Å². The van der Waals surface area contributed by atoms with Gasteiger partial charge in [0, 0.05) is 5.92 Å². The van der Waals surface area contributed by atoms with Crippen molar-refractivity contribution in [2.24, 2.45) is 0 Å². The van der Waals surface area contributed by atoms with Crippen LogP contribution in [0.3, 0.4) is 0 Å². The summed E-state index contributed by atoms with van der Waals surface area (Å²) in [5, 5.41) is 3.83. The molecule has 0 amide bonds. The summed E-state index contributed by atoms with van der Waals surface area (Å²) in [5.74, 6) is 1.40. The molecule has 0 aliphatic heterocycles. The monoisotopic (exact) mass is 232 g/mol. The molecule has 0 spiro atoms. The fraction of sp³-hybridized carbons (Fsp3) is 0.308. The van der Waals surface area contributed by atoms with Crippen LogP contribution in [0.25, 0.3) is 11.1 Å². The number of nitrogens with zero attached hydrogens (tertiary/aromatic N) is 1. The van der Waals surface area contributed by atoms with Crippen LogP contribution in [-0.4, -0.2) is 5.16 Å². The second-order valence-corrected chi connectivity index (χ2v) is 4.44. The smallest absolute Gasteiger partial charge is 0.175 e. The van der Waals surface area contributed by atoms with E-state index in [-0.39, 0.29) is 5.82 Å². The van der Waals surface area contributed by atoms with Crippen LogP contribution in [0.15, 0.2) is 28.8 Å². The van der Waals surface area contributed by atoms with Gasteiger partial charge in [-0.05, 0) is 30.5 Å². The minimum atomic E-state index is -0.256. The maximum Gasteiger partial charge on any atom is 0.175 e. The molecule has 0 unspecified atom stereocenters. The lowest BCUT2D eigenvalue weighted by molar-refractivity contribution is 0.302. The molecule has 88 valence electrons. The Hall–Kier alpha value is -1.84. The third-order valence-corrected chi connectivity index (χ3v) is 3.35. The molecule has 0 radical (unpaired) electrons. The van der Waals surface area contributed by atoms with E-state index in [1.807, 2.05) is 0 Å². The van der Waals surface area contributed by atoms with Gasteiger partial charge in [-0.2, -0.15) is 0 Å². The van der Waals surface area contributed by atoms with Crippen molar-refractivity contribution in [2.45, 2.75) is 25.2 Å². The summed E-state index contributed by atoms with van der Waals surface area (Å²) < 4.78 is 18.2. The van der Waals surface area contributed by atoms with E-state index >= 15 is 0 Å². The molecule has 1 aromatic carbocycles. The lowest BCUT2D eigenvalue weighted by Crippen LogP contribution is -2.08. The summed E-state index contributed by atoms with van der Waals surface area (Å²) in [4.78, 5) is 0. The minimum Gasteiger partial charge on any atom is -0.380 e. The first-order valence-corrected chi connectivity index (χ1v) is 5.76. The zero-order valence-corrected chi connectivity index (χ0v) is 9.32. The molecule has 2 aromatic rings. The number of nitrogens with two attached hydrogens (primary N) is 1. The van der Waals surface area contributed by atoms with Crippen LogP contribution in [0.4, 0.5) is 10.2 Å². The molecule has 0 bridgehead atoms. The molecule has 1 aromatic heterocycles. The average molecular weight is 232 g/mol. The fourth-order valence-electron chi connectivity index (χ4n) is 2.17. The highest BCUT2D eigenvalue weighted by Gasteiger charge is 2.28. The van der Waals surface area contributed by atoms with Gasteiger partial charge in [0.25, 0.3) is 0 Å². The summed E-state index contributed by atoms with van der Waals surface area (Å²) in [6.45, 7) is 0. The topological polar surface area (TPSA) is 52.0 Å². The Labute approximate surface area is 98.4 Å². The number of hydrogen-bond acceptors (Lipinski definition) is 3. The van der Waals surface area contributed by atoms with E-state index in [2.05, 4.69) is 5.16 Å². The van der Waals surface area contributed by atoms with Gasteiger partial charge >= 0.3 is 0 Å². The first kappa shape index (κ1) is 10.3. The molecule has 3 nitrogen and oxygen atoms in total. The first-order chi connectivity index (χ1) is 8.25. The van der Waals surface area contributed by atoms with Gasteiger partial charge in [0.2, 0.25) is 0 Å². The largest absolute Gasteiger partial charge is 0.380 e. The zero-order chi connectivity index (χ0) is 11.8. The van der Waals surface area contributed by atoms with Gasteiger partial charge in [-0.3, -0.25) is 0 Å². The third kappa shape index (κ3) is 1.69. The second-order valence-electron chi connectivity index (χ2n) is 4.44. The van der Waals surface area contributed by atoms with Crippen LogP contribution in [-0.2, 0) is 0 Å². The molecule has 1 saturated carbocycles. The molecular formula is C13H13FN2O. The Morgan fingerprint density at radius 3 is 2.53 bits per heavy atom. The minimum absolute atomic E-state index is 0.256. The van der Waals surface area contributed by atoms with E-state index in [1.165, 1.54) is 18.6 Å². The molecule has 0 saturated heterocycles. The van der Waals surface area contributed by atoms with E-state index in [1.54, 1.807) is 12.1 Å². The quantitative estimate of drug-likeness (QED) is 0.864. The van der Waals surface area contributed by atoms with Gasteiger partial charge in [-0.15, -0.1) is 0 Å². The number of hydrogen-bond donors (Lipinski definition) is 1. The maximum absolute atomic E-state index is 12.9. The SMILES string of the molecule is Nc1noc(C2CCC2)c1-c1ccc(F)cc1. The molecule has 1 aliphatic carbocycles. The van der Waals surface area contributed by atoms with Crippen molar-refractivity contribution >= 4 is 5.82 Å². The third-order valence-electron chi connectivity index (χ3n) is 3.35. The molecule has 4 heteroatoms. The van der Waals surface area contributed by atoms with E-state index < -0.39 is 0 Å². The molecule has 1 fully saturated rings. The summed E-state index contributed by atoms with van der Waals surface area (Å²) in [7, 11) is 0. The number of anilines is 1. The van der Waals surface area contributed by atoms with E-state index in [0.717, 1.165) is 29.7 Å². The molecule has 1 heterocycles. The maximum atomic E-state index is 12.9. The molecule has 1 aliphatic rings. The lowest BCUT2D eigenvalue weighted by atomic mass is 9.81. The standard InChI is InChI=1S/C13H13FN2O/c14-10-6-4-8(5-7-10)11-12(9-2-1-3-9)17-16-13(11)15/h4-7,9H,1-3H2,(H2,15,16). The molecule has 0 atom stereocenters. The van der Waals surface area contributed by atoms with Crippen molar-refractivity contribution in [3.05, 3.63) is 35.8 Å². The van der Waals surface area contributed by atoms with Crippen molar-refractivity contribution in [3.8, 4) is 11.1 Å². The zero-order valence-electron chi connectivity index (χ0n) is 9.32. The number of nitrogen functional groups attached to an aromatic ring is 1. The second kappa shape index (κ2) is 3.87. The Morgan fingerprint density at radius 2 is 1.94 bits per heavy atom. The summed E-state index contributed by atoms with van der Waals surface area (Å²) in [5.41, 5.74) is 7.53. The number of halogens is 1. The average Bonchev–Trinajstić information content (AvgIpc) is 2.60. The summed E-state index contributed by atoms with van der Waals surface area (Å²) in [6, 6.07) is 6.26. The Morgan fingerprint density at radius 1 is 1.24 bits per heavy atom.